The molecular formula is C23H24N4O5. The maximum atomic E-state index is 12.9. The zero-order chi connectivity index (χ0) is 23.1. The number of carbonyl (C=O) groups is 2. The number of pyridine rings is 1. The Morgan fingerprint density at radius 3 is 2.25 bits per heavy atom. The van der Waals surface area contributed by atoms with Crippen molar-refractivity contribution in [2.75, 3.05) is 30.2 Å². The van der Waals surface area contributed by atoms with Gasteiger partial charge in [0, 0.05) is 23.1 Å². The Morgan fingerprint density at radius 2 is 1.56 bits per heavy atom. The molecule has 0 spiro atoms. The maximum Gasteiger partial charge on any atom is 0.323 e. The van der Waals surface area contributed by atoms with Crippen LogP contribution in [0.5, 0.6) is 11.5 Å². The summed E-state index contributed by atoms with van der Waals surface area (Å²) in [6.45, 7) is 1.50. The van der Waals surface area contributed by atoms with E-state index in [9.17, 15) is 14.4 Å². The second-order valence-electron chi connectivity index (χ2n) is 6.87. The van der Waals surface area contributed by atoms with Gasteiger partial charge in [0.15, 0.2) is 0 Å². The minimum atomic E-state index is -0.580. The molecule has 0 saturated heterocycles. The topological polar surface area (TPSA) is 111 Å². The van der Waals surface area contributed by atoms with Gasteiger partial charge < -0.3 is 30.0 Å². The quantitative estimate of drug-likeness (QED) is 0.525. The van der Waals surface area contributed by atoms with Crippen molar-refractivity contribution in [1.82, 2.24) is 4.57 Å². The molecule has 1 heterocycles. The minimum absolute atomic E-state index is 0.0517. The van der Waals surface area contributed by atoms with Gasteiger partial charge >= 0.3 is 6.03 Å². The van der Waals surface area contributed by atoms with Gasteiger partial charge in [-0.05, 0) is 55.5 Å². The molecule has 0 atom stereocenters. The number of aryl methyl sites for hydroxylation is 1. The molecule has 0 bridgehead atoms. The first-order valence-corrected chi connectivity index (χ1v) is 9.76. The number of nitrogens with one attached hydrogen (secondary N) is 3. The van der Waals surface area contributed by atoms with Crippen LogP contribution in [-0.2, 0) is 11.3 Å². The molecule has 9 nitrogen and oxygen atoms in total. The lowest BCUT2D eigenvalue weighted by Gasteiger charge is -2.13. The van der Waals surface area contributed by atoms with E-state index in [0.29, 0.717) is 28.6 Å². The van der Waals surface area contributed by atoms with E-state index in [-0.39, 0.29) is 18.1 Å². The lowest BCUT2D eigenvalue weighted by Crippen LogP contribution is -2.32. The second kappa shape index (κ2) is 10.2. The number of aromatic nitrogens is 1. The average Bonchev–Trinajstić information content (AvgIpc) is 2.79. The van der Waals surface area contributed by atoms with E-state index < -0.39 is 11.6 Å². The van der Waals surface area contributed by atoms with Crippen LogP contribution in [0.4, 0.5) is 21.9 Å². The third-order valence-electron chi connectivity index (χ3n) is 4.64. The van der Waals surface area contributed by atoms with E-state index in [1.165, 1.54) is 17.7 Å². The number of hydrogen-bond donors (Lipinski definition) is 3. The number of amides is 3. The molecular weight excluding hydrogens is 412 g/mol. The monoisotopic (exact) mass is 436 g/mol. The summed E-state index contributed by atoms with van der Waals surface area (Å²) in [6, 6.07) is 16.2. The molecule has 0 fully saturated rings. The Kier molecular flexibility index (Phi) is 7.12. The molecule has 166 valence electrons. The number of benzene rings is 2. The number of rotatable bonds is 7. The van der Waals surface area contributed by atoms with Gasteiger partial charge in [0.1, 0.15) is 23.7 Å². The molecule has 3 amide bonds. The smallest absolute Gasteiger partial charge is 0.323 e. The summed E-state index contributed by atoms with van der Waals surface area (Å²) >= 11 is 0. The van der Waals surface area contributed by atoms with Crippen LogP contribution >= 0.6 is 0 Å². The Hall–Kier alpha value is -4.27. The Balaban J connectivity index is 1.69. The molecule has 0 radical (unpaired) electrons. The van der Waals surface area contributed by atoms with E-state index in [4.69, 9.17) is 9.47 Å². The summed E-state index contributed by atoms with van der Waals surface area (Å²) in [4.78, 5) is 37.7. The summed E-state index contributed by atoms with van der Waals surface area (Å²) in [5, 5.41) is 7.91. The first-order chi connectivity index (χ1) is 15.4. The molecule has 0 unspecified atom stereocenters. The van der Waals surface area contributed by atoms with E-state index in [2.05, 4.69) is 16.0 Å². The third-order valence-corrected chi connectivity index (χ3v) is 4.64. The number of urea groups is 1. The zero-order valence-electron chi connectivity index (χ0n) is 18.0. The van der Waals surface area contributed by atoms with Gasteiger partial charge in [-0.2, -0.15) is 0 Å². The molecule has 2 aromatic carbocycles. The zero-order valence-corrected chi connectivity index (χ0v) is 18.0. The van der Waals surface area contributed by atoms with Crippen molar-refractivity contribution < 1.29 is 19.1 Å². The highest BCUT2D eigenvalue weighted by Crippen LogP contribution is 2.17. The molecule has 3 aromatic rings. The number of methoxy groups -OCH3 is 2. The van der Waals surface area contributed by atoms with Crippen LogP contribution in [0.25, 0.3) is 0 Å². The van der Waals surface area contributed by atoms with Crippen LogP contribution < -0.4 is 31.0 Å². The average molecular weight is 436 g/mol. The van der Waals surface area contributed by atoms with Gasteiger partial charge in [0.05, 0.1) is 14.2 Å². The molecule has 0 saturated carbocycles. The fraction of sp³-hybridized carbons (Fsp3) is 0.174. The van der Waals surface area contributed by atoms with Gasteiger partial charge in [0.2, 0.25) is 5.91 Å². The molecule has 3 rings (SSSR count). The number of anilines is 3. The van der Waals surface area contributed by atoms with Gasteiger partial charge in [-0.1, -0.05) is 6.07 Å². The summed E-state index contributed by atoms with van der Waals surface area (Å²) < 4.78 is 11.5. The van der Waals surface area contributed by atoms with E-state index >= 15 is 0 Å². The van der Waals surface area contributed by atoms with Crippen molar-refractivity contribution in [1.29, 1.82) is 0 Å². The van der Waals surface area contributed by atoms with Crippen LogP contribution in [0.1, 0.15) is 5.69 Å². The Labute approximate surface area is 185 Å². The summed E-state index contributed by atoms with van der Waals surface area (Å²) in [5.41, 5.74) is 1.23. The van der Waals surface area contributed by atoms with Crippen LogP contribution in [0.15, 0.2) is 65.5 Å². The van der Waals surface area contributed by atoms with Crippen molar-refractivity contribution in [2.45, 2.75) is 13.5 Å². The van der Waals surface area contributed by atoms with Gasteiger partial charge in [-0.3, -0.25) is 9.59 Å². The van der Waals surface area contributed by atoms with Crippen LogP contribution in [0.2, 0.25) is 0 Å². The van der Waals surface area contributed by atoms with E-state index in [0.717, 1.165) is 0 Å². The van der Waals surface area contributed by atoms with Crippen LogP contribution in [0, 0.1) is 6.92 Å². The number of carbonyl (C=O) groups excluding carboxylic acids is 2. The van der Waals surface area contributed by atoms with Gasteiger partial charge in [-0.25, -0.2) is 4.79 Å². The molecule has 32 heavy (non-hydrogen) atoms. The Morgan fingerprint density at radius 1 is 0.844 bits per heavy atom. The van der Waals surface area contributed by atoms with Crippen molar-refractivity contribution in [3.05, 3.63) is 76.7 Å². The van der Waals surface area contributed by atoms with E-state index in [1.54, 1.807) is 68.6 Å². The first kappa shape index (κ1) is 22.4. The third kappa shape index (κ3) is 5.66. The summed E-state index contributed by atoms with van der Waals surface area (Å²) in [7, 11) is 3.08. The fourth-order valence-corrected chi connectivity index (χ4v) is 2.97. The lowest BCUT2D eigenvalue weighted by atomic mass is 10.3. The molecule has 1 aromatic heterocycles. The van der Waals surface area contributed by atoms with Crippen LogP contribution in [-0.4, -0.2) is 30.7 Å². The van der Waals surface area contributed by atoms with Crippen molar-refractivity contribution in [3.63, 3.8) is 0 Å². The number of nitrogens with zero attached hydrogens (tertiary/aromatic N) is 1. The maximum absolute atomic E-state index is 12.9. The highest BCUT2D eigenvalue weighted by molar-refractivity contribution is 5.99. The Bertz CT molecular complexity index is 1170. The molecule has 9 heteroatoms. The molecule has 0 aliphatic carbocycles. The summed E-state index contributed by atoms with van der Waals surface area (Å²) in [6.07, 6.45) is 0. The van der Waals surface area contributed by atoms with Crippen LogP contribution in [0.3, 0.4) is 0 Å². The fourth-order valence-electron chi connectivity index (χ4n) is 2.97. The summed E-state index contributed by atoms with van der Waals surface area (Å²) in [5.74, 6) is 0.873. The first-order valence-electron chi connectivity index (χ1n) is 9.76. The normalized spacial score (nSPS) is 10.2. The molecule has 0 aliphatic heterocycles. The highest BCUT2D eigenvalue weighted by Gasteiger charge is 2.13. The van der Waals surface area contributed by atoms with Gasteiger partial charge in [0.25, 0.3) is 5.56 Å². The van der Waals surface area contributed by atoms with Crippen molar-refractivity contribution in [2.24, 2.45) is 0 Å². The van der Waals surface area contributed by atoms with E-state index in [1.807, 2.05) is 0 Å². The van der Waals surface area contributed by atoms with Crippen molar-refractivity contribution in [3.8, 4) is 11.5 Å². The SMILES string of the molecule is COc1ccc(NC(=O)Nc2ccc(C)n(CC(=O)Nc3cccc(OC)c3)c2=O)cc1. The molecule has 3 N–H and O–H groups in total. The lowest BCUT2D eigenvalue weighted by molar-refractivity contribution is -0.116. The number of hydrogen-bond acceptors (Lipinski definition) is 5. The predicted molar refractivity (Wildman–Crippen MR) is 123 cm³/mol. The minimum Gasteiger partial charge on any atom is -0.497 e. The highest BCUT2D eigenvalue weighted by atomic mass is 16.5. The van der Waals surface area contributed by atoms with Crippen molar-refractivity contribution >= 4 is 29.0 Å². The molecule has 0 aliphatic rings. The standard InChI is InChI=1S/C23H24N4O5/c1-15-7-12-20(26-23(30)25-16-8-10-18(31-2)11-9-16)22(29)27(15)14-21(28)24-17-5-4-6-19(13-17)32-3/h4-13H,14H2,1-3H3,(H,24,28)(H2,25,26,30). The number of ether oxygens (including phenoxy) is 2. The predicted octanol–water partition coefficient (Wildman–Crippen LogP) is 3.46. The largest absolute Gasteiger partial charge is 0.497 e. The second-order valence-corrected chi connectivity index (χ2v) is 6.87. The van der Waals surface area contributed by atoms with Gasteiger partial charge in [-0.15, -0.1) is 0 Å².